The van der Waals surface area contributed by atoms with E-state index in [4.69, 9.17) is 47.7 Å². The van der Waals surface area contributed by atoms with E-state index in [1.165, 1.54) is 6.92 Å². The monoisotopic (exact) mass is 561 g/mol. The van der Waals surface area contributed by atoms with Crippen LogP contribution in [0, 0.1) is 0 Å². The molecule has 0 heterocycles. The molecule has 1 rings (SSSR count). The Bertz CT molecular complexity index is 719. The van der Waals surface area contributed by atoms with E-state index in [-0.39, 0.29) is 19.1 Å². The minimum Gasteiger partial charge on any atom is -0.491 e. The van der Waals surface area contributed by atoms with Gasteiger partial charge >= 0.3 is 5.97 Å². The first-order chi connectivity index (χ1) is 19.1. The van der Waals surface area contributed by atoms with Gasteiger partial charge in [-0.05, 0) is 24.3 Å². The summed E-state index contributed by atoms with van der Waals surface area (Å²) >= 11 is 0. The number of rotatable bonds is 28. The van der Waals surface area contributed by atoms with E-state index in [1.807, 2.05) is 0 Å². The highest BCUT2D eigenvalue weighted by Crippen LogP contribution is 2.15. The van der Waals surface area contributed by atoms with Gasteiger partial charge in [0.05, 0.1) is 99.1 Å². The summed E-state index contributed by atoms with van der Waals surface area (Å²) in [5.41, 5.74) is 0.726. The standard InChI is InChI=1S/C26H43NO12/c1-23(28)27-24-2-4-25(5-3-24)39-21-20-37-17-16-35-13-12-33-9-8-31-6-7-32-10-11-34-14-15-36-18-19-38-22-26(29)30/h2-5H,6-22H2,1H3,(H,27,28)(H,29,30). The van der Waals surface area contributed by atoms with Gasteiger partial charge in [0, 0.05) is 12.6 Å². The summed E-state index contributed by atoms with van der Waals surface area (Å²) in [7, 11) is 0. The summed E-state index contributed by atoms with van der Waals surface area (Å²) in [5, 5.41) is 11.1. The molecule has 0 aliphatic heterocycles. The van der Waals surface area contributed by atoms with Crippen molar-refractivity contribution in [3.63, 3.8) is 0 Å². The number of benzene rings is 1. The normalized spacial score (nSPS) is 11.0. The second kappa shape index (κ2) is 25.9. The molecule has 2 N–H and O–H groups in total. The molecule has 1 aromatic carbocycles. The fourth-order valence-electron chi connectivity index (χ4n) is 2.76. The van der Waals surface area contributed by atoms with E-state index in [9.17, 15) is 9.59 Å². The number of aliphatic carboxylic acids is 1. The van der Waals surface area contributed by atoms with Gasteiger partial charge in [-0.2, -0.15) is 0 Å². The lowest BCUT2D eigenvalue weighted by Crippen LogP contribution is -2.15. The summed E-state index contributed by atoms with van der Waals surface area (Å²) < 4.78 is 48.2. The first kappa shape index (κ1) is 34.7. The van der Waals surface area contributed by atoms with Crippen molar-refractivity contribution < 1.29 is 57.3 Å². The zero-order valence-corrected chi connectivity index (χ0v) is 22.8. The van der Waals surface area contributed by atoms with E-state index < -0.39 is 5.97 Å². The molecular formula is C26H43NO12. The number of hydrogen-bond donors (Lipinski definition) is 2. The Morgan fingerprint density at radius 3 is 1.23 bits per heavy atom. The Balaban J connectivity index is 1.70. The molecule has 0 radical (unpaired) electrons. The maximum atomic E-state index is 11.0. The van der Waals surface area contributed by atoms with Gasteiger partial charge in [-0.25, -0.2) is 4.79 Å². The largest absolute Gasteiger partial charge is 0.491 e. The Labute approximate surface area is 229 Å². The van der Waals surface area contributed by atoms with Crippen molar-refractivity contribution >= 4 is 17.6 Å². The number of carboxylic acid groups (broad SMARTS) is 1. The summed E-state index contributed by atoms with van der Waals surface area (Å²) in [5.74, 6) is -0.400. The minimum atomic E-state index is -0.998. The predicted molar refractivity (Wildman–Crippen MR) is 140 cm³/mol. The third-order valence-corrected chi connectivity index (χ3v) is 4.50. The number of carboxylic acids is 1. The molecule has 0 aliphatic rings. The fraction of sp³-hybridized carbons (Fsp3) is 0.692. The van der Waals surface area contributed by atoms with Crippen LogP contribution in [-0.4, -0.2) is 129 Å². The first-order valence-electron chi connectivity index (χ1n) is 12.9. The van der Waals surface area contributed by atoms with Crippen molar-refractivity contribution in [2.45, 2.75) is 6.92 Å². The van der Waals surface area contributed by atoms with Crippen LogP contribution >= 0.6 is 0 Å². The minimum absolute atomic E-state index is 0.113. The molecule has 1 aromatic rings. The van der Waals surface area contributed by atoms with Gasteiger partial charge in [0.2, 0.25) is 5.91 Å². The number of ether oxygens (including phenoxy) is 9. The Morgan fingerprint density at radius 2 is 0.897 bits per heavy atom. The van der Waals surface area contributed by atoms with Crippen molar-refractivity contribution in [3.05, 3.63) is 24.3 Å². The van der Waals surface area contributed by atoms with Crippen LogP contribution in [0.25, 0.3) is 0 Å². The predicted octanol–water partition coefficient (Wildman–Crippen LogP) is 1.24. The quantitative estimate of drug-likeness (QED) is 0.142. The van der Waals surface area contributed by atoms with E-state index in [0.717, 1.165) is 5.69 Å². The smallest absolute Gasteiger partial charge is 0.329 e. The van der Waals surface area contributed by atoms with Gasteiger partial charge < -0.3 is 53.1 Å². The molecular weight excluding hydrogens is 518 g/mol. The summed E-state index contributed by atoms with van der Waals surface area (Å²) in [6, 6.07) is 7.14. The van der Waals surface area contributed by atoms with Gasteiger partial charge in [0.1, 0.15) is 19.0 Å². The molecule has 39 heavy (non-hydrogen) atoms. The number of hydrogen-bond acceptors (Lipinski definition) is 11. The van der Waals surface area contributed by atoms with Crippen LogP contribution in [0.2, 0.25) is 0 Å². The van der Waals surface area contributed by atoms with Crippen LogP contribution in [0.15, 0.2) is 24.3 Å². The molecule has 224 valence electrons. The van der Waals surface area contributed by atoms with Crippen LogP contribution < -0.4 is 10.1 Å². The fourth-order valence-corrected chi connectivity index (χ4v) is 2.76. The molecule has 0 aromatic heterocycles. The van der Waals surface area contributed by atoms with Gasteiger partial charge in [-0.15, -0.1) is 0 Å². The highest BCUT2D eigenvalue weighted by Gasteiger charge is 1.99. The number of nitrogens with one attached hydrogen (secondary N) is 1. The van der Waals surface area contributed by atoms with Crippen LogP contribution in [0.5, 0.6) is 5.75 Å². The van der Waals surface area contributed by atoms with E-state index in [0.29, 0.717) is 105 Å². The lowest BCUT2D eigenvalue weighted by atomic mass is 10.3. The molecule has 0 fully saturated rings. The van der Waals surface area contributed by atoms with Gasteiger partial charge in [-0.3, -0.25) is 4.79 Å². The van der Waals surface area contributed by atoms with Crippen molar-refractivity contribution in [1.82, 2.24) is 0 Å². The molecule has 0 saturated heterocycles. The van der Waals surface area contributed by atoms with Crippen molar-refractivity contribution in [1.29, 1.82) is 0 Å². The Hall–Kier alpha value is -2.36. The number of carbonyl (C=O) groups is 2. The Kier molecular flexibility index (Phi) is 23.0. The second-order valence-electron chi connectivity index (χ2n) is 7.79. The summed E-state index contributed by atoms with van der Waals surface area (Å²) in [6.07, 6.45) is 0. The molecule has 0 saturated carbocycles. The zero-order chi connectivity index (χ0) is 28.2. The molecule has 0 unspecified atom stereocenters. The molecule has 13 nitrogen and oxygen atoms in total. The van der Waals surface area contributed by atoms with Crippen molar-refractivity contribution in [3.8, 4) is 5.75 Å². The van der Waals surface area contributed by atoms with E-state index in [1.54, 1.807) is 24.3 Å². The topological polar surface area (TPSA) is 149 Å². The summed E-state index contributed by atoms with van der Waals surface area (Å²) in [6.45, 7) is 8.16. The third-order valence-electron chi connectivity index (χ3n) is 4.50. The second-order valence-corrected chi connectivity index (χ2v) is 7.79. The number of anilines is 1. The number of amides is 1. The molecule has 0 aliphatic carbocycles. The maximum Gasteiger partial charge on any atom is 0.329 e. The van der Waals surface area contributed by atoms with E-state index >= 15 is 0 Å². The molecule has 0 spiro atoms. The summed E-state index contributed by atoms with van der Waals surface area (Å²) in [4.78, 5) is 21.3. The van der Waals surface area contributed by atoms with Crippen LogP contribution in [0.1, 0.15) is 6.92 Å². The maximum absolute atomic E-state index is 11.0. The van der Waals surface area contributed by atoms with Crippen LogP contribution in [-0.2, 0) is 47.5 Å². The lowest BCUT2D eigenvalue weighted by molar-refractivity contribution is -0.142. The van der Waals surface area contributed by atoms with Crippen molar-refractivity contribution in [2.75, 3.05) is 118 Å². The van der Waals surface area contributed by atoms with Gasteiger partial charge in [0.15, 0.2) is 0 Å². The Morgan fingerprint density at radius 1 is 0.564 bits per heavy atom. The number of carbonyl (C=O) groups excluding carboxylic acids is 1. The lowest BCUT2D eigenvalue weighted by Gasteiger charge is -2.09. The molecule has 0 bridgehead atoms. The van der Waals surface area contributed by atoms with Crippen LogP contribution in [0.3, 0.4) is 0 Å². The first-order valence-corrected chi connectivity index (χ1v) is 12.9. The van der Waals surface area contributed by atoms with Crippen LogP contribution in [0.4, 0.5) is 5.69 Å². The van der Waals surface area contributed by atoms with Crippen molar-refractivity contribution in [2.24, 2.45) is 0 Å². The highest BCUT2D eigenvalue weighted by molar-refractivity contribution is 5.88. The van der Waals surface area contributed by atoms with Gasteiger partial charge in [-0.1, -0.05) is 0 Å². The highest BCUT2D eigenvalue weighted by atomic mass is 16.6. The SMILES string of the molecule is CC(=O)Nc1ccc(OCCOCCOCCOCCOCCOCCOCCOCCOCC(=O)O)cc1. The molecule has 1 amide bonds. The average Bonchev–Trinajstić information content (AvgIpc) is 2.91. The molecule has 0 atom stereocenters. The van der Waals surface area contributed by atoms with E-state index in [2.05, 4.69) is 5.32 Å². The van der Waals surface area contributed by atoms with Gasteiger partial charge in [0.25, 0.3) is 0 Å². The third kappa shape index (κ3) is 24.4. The molecule has 13 heteroatoms. The average molecular weight is 562 g/mol. The zero-order valence-electron chi connectivity index (χ0n) is 22.8.